The van der Waals surface area contributed by atoms with E-state index < -0.39 is 24.0 Å². The van der Waals surface area contributed by atoms with Gasteiger partial charge in [-0.2, -0.15) is 0 Å². The lowest BCUT2D eigenvalue weighted by Crippen LogP contribution is -2.30. The van der Waals surface area contributed by atoms with Crippen molar-refractivity contribution in [3.8, 4) is 0 Å². The Labute approximate surface area is 125 Å². The zero-order chi connectivity index (χ0) is 16.1. The maximum Gasteiger partial charge on any atom is 0.309 e. The second kappa shape index (κ2) is 11.9. The number of allylic oxidation sites excluding steroid dienone is 1. The molecule has 0 rings (SSSR count). The van der Waals surface area contributed by atoms with Gasteiger partial charge in [0.05, 0.1) is 6.42 Å². The molecule has 120 valence electrons. The van der Waals surface area contributed by atoms with Crippen LogP contribution in [0.2, 0.25) is 0 Å². The number of esters is 3. The normalized spacial score (nSPS) is 12.0. The Balaban J connectivity index is 4.25. The molecule has 0 aliphatic heterocycles. The van der Waals surface area contributed by atoms with Crippen molar-refractivity contribution in [2.45, 2.75) is 52.6 Å². The third-order valence-corrected chi connectivity index (χ3v) is 2.42. The van der Waals surface area contributed by atoms with Crippen LogP contribution in [0, 0.1) is 0 Å². The fourth-order valence-corrected chi connectivity index (χ4v) is 1.26. The van der Waals surface area contributed by atoms with Crippen LogP contribution in [0.25, 0.3) is 0 Å². The van der Waals surface area contributed by atoms with Crippen LogP contribution in [0.4, 0.5) is 0 Å². The third kappa shape index (κ3) is 10.6. The summed E-state index contributed by atoms with van der Waals surface area (Å²) in [7, 11) is 0. The van der Waals surface area contributed by atoms with E-state index in [-0.39, 0.29) is 32.5 Å². The van der Waals surface area contributed by atoms with Crippen LogP contribution in [-0.2, 0) is 28.6 Å². The maximum absolute atomic E-state index is 11.5. The summed E-state index contributed by atoms with van der Waals surface area (Å²) in [6, 6.07) is 0. The molecule has 1 atom stereocenters. The first-order valence-electron chi connectivity index (χ1n) is 7.19. The van der Waals surface area contributed by atoms with E-state index in [1.807, 2.05) is 13.0 Å². The molecule has 21 heavy (non-hydrogen) atoms. The summed E-state index contributed by atoms with van der Waals surface area (Å²) in [4.78, 5) is 33.8. The quantitative estimate of drug-likeness (QED) is 0.349. The Morgan fingerprint density at radius 1 is 0.857 bits per heavy atom. The molecule has 0 aromatic carbocycles. The van der Waals surface area contributed by atoms with Gasteiger partial charge in [-0.1, -0.05) is 32.9 Å². The lowest BCUT2D eigenvalue weighted by molar-refractivity contribution is -0.166. The van der Waals surface area contributed by atoms with Crippen molar-refractivity contribution in [2.24, 2.45) is 0 Å². The summed E-state index contributed by atoms with van der Waals surface area (Å²) in [6.07, 6.45) is 4.24. The Morgan fingerprint density at radius 2 is 1.43 bits per heavy atom. The average Bonchev–Trinajstić information content (AvgIpc) is 2.49. The lowest BCUT2D eigenvalue weighted by Gasteiger charge is -2.17. The van der Waals surface area contributed by atoms with Crippen molar-refractivity contribution in [3.05, 3.63) is 12.2 Å². The van der Waals surface area contributed by atoms with Gasteiger partial charge in [0, 0.05) is 12.8 Å². The van der Waals surface area contributed by atoms with E-state index in [0.29, 0.717) is 0 Å². The van der Waals surface area contributed by atoms with E-state index in [9.17, 15) is 14.4 Å². The minimum Gasteiger partial charge on any atom is -0.462 e. The molecule has 0 bridgehead atoms. The summed E-state index contributed by atoms with van der Waals surface area (Å²) in [6.45, 7) is 5.04. The van der Waals surface area contributed by atoms with Crippen molar-refractivity contribution in [1.29, 1.82) is 0 Å². The van der Waals surface area contributed by atoms with Crippen LogP contribution in [0.15, 0.2) is 12.2 Å². The third-order valence-electron chi connectivity index (χ3n) is 2.42. The van der Waals surface area contributed by atoms with E-state index in [1.54, 1.807) is 19.9 Å². The molecule has 0 heterocycles. The number of carbonyl (C=O) groups excluding carboxylic acids is 3. The summed E-state index contributed by atoms with van der Waals surface area (Å²) in [5.41, 5.74) is 0. The highest BCUT2D eigenvalue weighted by molar-refractivity contribution is 5.71. The predicted octanol–water partition coefficient (Wildman–Crippen LogP) is 2.16. The Kier molecular flexibility index (Phi) is 10.9. The van der Waals surface area contributed by atoms with Crippen molar-refractivity contribution in [2.75, 3.05) is 13.2 Å². The minimum atomic E-state index is -0.771. The van der Waals surface area contributed by atoms with Gasteiger partial charge in [0.15, 0.2) is 6.10 Å². The van der Waals surface area contributed by atoms with Crippen LogP contribution in [0.3, 0.4) is 0 Å². The largest absolute Gasteiger partial charge is 0.462 e. The van der Waals surface area contributed by atoms with Gasteiger partial charge in [-0.15, -0.1) is 0 Å². The predicted molar refractivity (Wildman–Crippen MR) is 76.4 cm³/mol. The zero-order valence-corrected chi connectivity index (χ0v) is 12.9. The van der Waals surface area contributed by atoms with Gasteiger partial charge in [-0.3, -0.25) is 14.4 Å². The second-order valence-corrected chi connectivity index (χ2v) is 4.27. The van der Waals surface area contributed by atoms with Gasteiger partial charge < -0.3 is 14.2 Å². The molecule has 0 radical (unpaired) electrons. The molecule has 0 saturated carbocycles. The van der Waals surface area contributed by atoms with Crippen LogP contribution >= 0.6 is 0 Å². The standard InChI is InChI=1S/C15H24O6/c1-4-7-8-9-15(18)20-11-12(21-14(17)6-3)10-19-13(16)5-2/h7-8,12H,4-6,9-11H2,1-3H3/b8-7-. The fraction of sp³-hybridized carbons (Fsp3) is 0.667. The van der Waals surface area contributed by atoms with Crippen molar-refractivity contribution < 1.29 is 28.6 Å². The first-order chi connectivity index (χ1) is 10.0. The van der Waals surface area contributed by atoms with E-state index in [0.717, 1.165) is 6.42 Å². The van der Waals surface area contributed by atoms with E-state index in [4.69, 9.17) is 14.2 Å². The first-order valence-corrected chi connectivity index (χ1v) is 7.19. The molecule has 0 amide bonds. The molecule has 0 aromatic heterocycles. The van der Waals surface area contributed by atoms with Gasteiger partial charge in [0.2, 0.25) is 0 Å². The highest BCUT2D eigenvalue weighted by Crippen LogP contribution is 2.01. The Hall–Kier alpha value is -1.85. The summed E-state index contributed by atoms with van der Waals surface area (Å²) >= 11 is 0. The number of carbonyl (C=O) groups is 3. The Bertz CT molecular complexity index is 361. The first kappa shape index (κ1) is 19.1. The fourth-order valence-electron chi connectivity index (χ4n) is 1.26. The average molecular weight is 300 g/mol. The molecule has 1 unspecified atom stereocenters. The molecule has 6 nitrogen and oxygen atoms in total. The minimum absolute atomic E-state index is 0.115. The van der Waals surface area contributed by atoms with Gasteiger partial charge in [0.25, 0.3) is 0 Å². The van der Waals surface area contributed by atoms with E-state index >= 15 is 0 Å². The van der Waals surface area contributed by atoms with Gasteiger partial charge in [-0.05, 0) is 6.42 Å². The highest BCUT2D eigenvalue weighted by Gasteiger charge is 2.18. The number of hydrogen-bond acceptors (Lipinski definition) is 6. The number of hydrogen-bond donors (Lipinski definition) is 0. The van der Waals surface area contributed by atoms with Crippen molar-refractivity contribution in [1.82, 2.24) is 0 Å². The van der Waals surface area contributed by atoms with E-state index in [2.05, 4.69) is 0 Å². The second-order valence-electron chi connectivity index (χ2n) is 4.27. The molecule has 0 N–H and O–H groups in total. The number of ether oxygens (including phenoxy) is 3. The Morgan fingerprint density at radius 3 is 1.95 bits per heavy atom. The topological polar surface area (TPSA) is 78.9 Å². The van der Waals surface area contributed by atoms with Gasteiger partial charge in [-0.25, -0.2) is 0 Å². The van der Waals surface area contributed by atoms with Crippen LogP contribution in [0.1, 0.15) is 46.5 Å². The molecule has 6 heteroatoms. The molecule has 0 spiro atoms. The van der Waals surface area contributed by atoms with Crippen molar-refractivity contribution in [3.63, 3.8) is 0 Å². The highest BCUT2D eigenvalue weighted by atomic mass is 16.6. The van der Waals surface area contributed by atoms with Gasteiger partial charge in [0.1, 0.15) is 13.2 Å². The molecule has 0 aliphatic carbocycles. The lowest BCUT2D eigenvalue weighted by atomic mass is 10.3. The van der Waals surface area contributed by atoms with Crippen LogP contribution in [-0.4, -0.2) is 37.2 Å². The monoisotopic (exact) mass is 300 g/mol. The maximum atomic E-state index is 11.5. The summed E-state index contributed by atoms with van der Waals surface area (Å²) in [5.74, 6) is -1.25. The SMILES string of the molecule is CC/C=C\CC(=O)OCC(COC(=O)CC)OC(=O)CC. The van der Waals surface area contributed by atoms with Crippen LogP contribution < -0.4 is 0 Å². The molecule has 0 aliphatic rings. The van der Waals surface area contributed by atoms with Crippen molar-refractivity contribution >= 4 is 17.9 Å². The molecular weight excluding hydrogens is 276 g/mol. The summed E-state index contributed by atoms with van der Waals surface area (Å²) < 4.78 is 15.0. The smallest absolute Gasteiger partial charge is 0.309 e. The molecular formula is C15H24O6. The van der Waals surface area contributed by atoms with Crippen LogP contribution in [0.5, 0.6) is 0 Å². The molecule has 0 fully saturated rings. The van der Waals surface area contributed by atoms with E-state index in [1.165, 1.54) is 0 Å². The zero-order valence-electron chi connectivity index (χ0n) is 12.9. The number of rotatable bonds is 10. The molecule has 0 saturated heterocycles. The molecule has 0 aromatic rings. The van der Waals surface area contributed by atoms with Gasteiger partial charge >= 0.3 is 17.9 Å². The summed E-state index contributed by atoms with van der Waals surface area (Å²) in [5, 5.41) is 0.